The summed E-state index contributed by atoms with van der Waals surface area (Å²) >= 11 is 0. The van der Waals surface area contributed by atoms with Gasteiger partial charge in [-0.25, -0.2) is 0 Å². The Morgan fingerprint density at radius 2 is 1.49 bits per heavy atom. The van der Waals surface area contributed by atoms with Crippen LogP contribution in [0.2, 0.25) is 57.9 Å². The maximum Gasteiger partial charge on any atom is 0.187 e. The number of rotatable bonds is 17. The fourth-order valence-electron chi connectivity index (χ4n) is 5.35. The van der Waals surface area contributed by atoms with Crippen LogP contribution in [0.1, 0.15) is 85.0 Å². The van der Waals surface area contributed by atoms with Crippen molar-refractivity contribution in [3.05, 3.63) is 24.3 Å². The van der Waals surface area contributed by atoms with E-state index in [0.29, 0.717) is 11.8 Å². The Morgan fingerprint density at radius 3 is 2.05 bits per heavy atom. The summed E-state index contributed by atoms with van der Waals surface area (Å²) in [6.45, 7) is 28.0. The van der Waals surface area contributed by atoms with Crippen LogP contribution in [0.25, 0.3) is 0 Å². The molecular weight excluding hydrogens is 501 g/mol. The summed E-state index contributed by atoms with van der Waals surface area (Å²) in [5, 5.41) is 0. The van der Waals surface area contributed by atoms with Gasteiger partial charge in [0.15, 0.2) is 16.6 Å². The standard InChI is InChI=1S/C32H62O2Si3/c1-12-15-18-20-29(33-36(8,9)25-16-13-2)22-23-31-30(21-19-24-35(5,6)7)28(4)27-32(31)34-37(10,11)26-17-14-3/h22-23,29-32H,4,12-18,20-21,25-27H2,1-3,5-11H3/b23-22+/t29-,30-,31+,32+/m0/s1. The SMILES string of the molecule is C=C1C[C@@H](O[Si](C)(C)CCCC)[C@H](/C=C/[C@H](CCCCC)O[Si](C)(C)CCCC)[C@H]1CC#C[Si](C)(C)C. The van der Waals surface area contributed by atoms with Crippen molar-refractivity contribution in [1.82, 2.24) is 0 Å². The van der Waals surface area contributed by atoms with Crippen molar-refractivity contribution in [3.63, 3.8) is 0 Å². The monoisotopic (exact) mass is 562 g/mol. The highest BCUT2D eigenvalue weighted by Crippen LogP contribution is 2.42. The van der Waals surface area contributed by atoms with Crippen molar-refractivity contribution in [3.8, 4) is 11.5 Å². The lowest BCUT2D eigenvalue weighted by Crippen LogP contribution is -2.37. The predicted molar refractivity (Wildman–Crippen MR) is 174 cm³/mol. The van der Waals surface area contributed by atoms with Gasteiger partial charge in [0.2, 0.25) is 0 Å². The molecule has 0 unspecified atom stereocenters. The number of hydrogen-bond acceptors (Lipinski definition) is 2. The fraction of sp³-hybridized carbons (Fsp3) is 0.812. The maximum atomic E-state index is 7.00. The van der Waals surface area contributed by atoms with Gasteiger partial charge in [-0.3, -0.25) is 0 Å². The molecule has 0 heterocycles. The summed E-state index contributed by atoms with van der Waals surface area (Å²) in [4.78, 5) is 0. The minimum Gasteiger partial charge on any atom is -0.414 e. The summed E-state index contributed by atoms with van der Waals surface area (Å²) < 4.78 is 13.9. The van der Waals surface area contributed by atoms with E-state index in [1.807, 2.05) is 0 Å². The van der Waals surface area contributed by atoms with E-state index in [1.54, 1.807) is 0 Å². The zero-order chi connectivity index (χ0) is 28.1. The van der Waals surface area contributed by atoms with E-state index in [-0.39, 0.29) is 12.2 Å². The van der Waals surface area contributed by atoms with Crippen LogP contribution in [0.15, 0.2) is 24.3 Å². The molecule has 1 saturated carbocycles. The first kappa shape index (κ1) is 34.6. The van der Waals surface area contributed by atoms with E-state index in [4.69, 9.17) is 8.85 Å². The van der Waals surface area contributed by atoms with Crippen LogP contribution in [0.4, 0.5) is 0 Å². The van der Waals surface area contributed by atoms with Crippen molar-refractivity contribution in [1.29, 1.82) is 0 Å². The Bertz CT molecular complexity index is 754. The van der Waals surface area contributed by atoms with Crippen molar-refractivity contribution in [2.24, 2.45) is 11.8 Å². The van der Waals surface area contributed by atoms with E-state index < -0.39 is 24.7 Å². The Hall–Kier alpha value is -0.389. The molecule has 4 atom stereocenters. The first-order valence-corrected chi connectivity index (χ1v) is 25.2. The Kier molecular flexibility index (Phi) is 15.6. The van der Waals surface area contributed by atoms with Gasteiger partial charge < -0.3 is 8.85 Å². The molecule has 1 aliphatic rings. The van der Waals surface area contributed by atoms with Crippen LogP contribution in [-0.2, 0) is 8.85 Å². The van der Waals surface area contributed by atoms with Gasteiger partial charge in [0.25, 0.3) is 0 Å². The Morgan fingerprint density at radius 1 is 0.892 bits per heavy atom. The van der Waals surface area contributed by atoms with Gasteiger partial charge in [0.1, 0.15) is 8.07 Å². The summed E-state index contributed by atoms with van der Waals surface area (Å²) in [5.41, 5.74) is 4.94. The molecule has 0 saturated heterocycles. The van der Waals surface area contributed by atoms with Crippen LogP contribution in [-0.4, -0.2) is 36.9 Å². The van der Waals surface area contributed by atoms with Gasteiger partial charge in [-0.15, -0.1) is 11.5 Å². The second-order valence-electron chi connectivity index (χ2n) is 13.7. The predicted octanol–water partition coefficient (Wildman–Crippen LogP) is 10.4. The van der Waals surface area contributed by atoms with Crippen LogP contribution in [0.5, 0.6) is 0 Å². The van der Waals surface area contributed by atoms with Crippen LogP contribution in [0, 0.1) is 23.3 Å². The van der Waals surface area contributed by atoms with Crippen molar-refractivity contribution < 1.29 is 8.85 Å². The second kappa shape index (κ2) is 16.7. The molecule has 0 amide bonds. The second-order valence-corrected chi connectivity index (χ2v) is 27.0. The average molecular weight is 563 g/mol. The third kappa shape index (κ3) is 14.5. The largest absolute Gasteiger partial charge is 0.414 e. The minimum absolute atomic E-state index is 0.221. The third-order valence-corrected chi connectivity index (χ3v) is 13.4. The van der Waals surface area contributed by atoms with Crippen molar-refractivity contribution in [2.75, 3.05) is 0 Å². The van der Waals surface area contributed by atoms with Gasteiger partial charge in [-0.2, -0.15) is 0 Å². The van der Waals surface area contributed by atoms with Crippen LogP contribution >= 0.6 is 0 Å². The lowest BCUT2D eigenvalue weighted by molar-refractivity contribution is 0.156. The molecule has 1 rings (SSSR count). The molecule has 0 spiro atoms. The number of unbranched alkanes of at least 4 members (excludes halogenated alkanes) is 4. The molecular formula is C32H62O2Si3. The third-order valence-electron chi connectivity index (χ3n) is 7.51. The summed E-state index contributed by atoms with van der Waals surface area (Å²) in [6.07, 6.45) is 17.2. The Labute approximate surface area is 235 Å². The average Bonchev–Trinajstić information content (AvgIpc) is 3.07. The number of hydrogen-bond donors (Lipinski definition) is 0. The zero-order valence-electron chi connectivity index (χ0n) is 26.5. The molecule has 5 heteroatoms. The van der Waals surface area contributed by atoms with Crippen LogP contribution in [0.3, 0.4) is 0 Å². The molecule has 0 radical (unpaired) electrons. The summed E-state index contributed by atoms with van der Waals surface area (Å²) in [6, 6.07) is 2.49. The Balaban J connectivity index is 3.20. The molecule has 1 aliphatic carbocycles. The topological polar surface area (TPSA) is 18.5 Å². The summed E-state index contributed by atoms with van der Waals surface area (Å²) in [7, 11) is -4.78. The first-order chi connectivity index (χ1) is 17.2. The molecule has 0 aromatic rings. The molecule has 2 nitrogen and oxygen atoms in total. The zero-order valence-corrected chi connectivity index (χ0v) is 29.5. The molecule has 214 valence electrons. The van der Waals surface area contributed by atoms with Gasteiger partial charge in [-0.1, -0.05) is 110 Å². The fourth-order valence-corrected chi connectivity index (χ4v) is 10.7. The van der Waals surface area contributed by atoms with Crippen LogP contribution < -0.4 is 0 Å². The molecule has 37 heavy (non-hydrogen) atoms. The van der Waals surface area contributed by atoms with Gasteiger partial charge in [0, 0.05) is 12.3 Å². The van der Waals surface area contributed by atoms with Crippen molar-refractivity contribution in [2.45, 2.75) is 155 Å². The van der Waals surface area contributed by atoms with Gasteiger partial charge in [-0.05, 0) is 57.0 Å². The van der Waals surface area contributed by atoms with E-state index in [9.17, 15) is 0 Å². The molecule has 0 aromatic heterocycles. The smallest absolute Gasteiger partial charge is 0.187 e. The quantitative estimate of drug-likeness (QED) is 0.0759. The highest BCUT2D eigenvalue weighted by molar-refractivity contribution is 6.83. The highest BCUT2D eigenvalue weighted by atomic mass is 28.4. The summed E-state index contributed by atoms with van der Waals surface area (Å²) in [5.74, 6) is 4.33. The van der Waals surface area contributed by atoms with E-state index in [2.05, 4.69) is 96.8 Å². The maximum absolute atomic E-state index is 7.00. The molecule has 1 fully saturated rings. The minimum atomic E-state index is -1.72. The van der Waals surface area contributed by atoms with E-state index in [0.717, 1.165) is 19.3 Å². The van der Waals surface area contributed by atoms with Crippen molar-refractivity contribution >= 4 is 24.7 Å². The van der Waals surface area contributed by atoms with E-state index in [1.165, 1.54) is 62.6 Å². The highest BCUT2D eigenvalue weighted by Gasteiger charge is 2.40. The van der Waals surface area contributed by atoms with E-state index >= 15 is 0 Å². The lowest BCUT2D eigenvalue weighted by Gasteiger charge is -2.31. The molecule has 0 aromatic carbocycles. The molecule has 0 N–H and O–H groups in total. The van der Waals surface area contributed by atoms with Gasteiger partial charge >= 0.3 is 0 Å². The molecule has 0 bridgehead atoms. The first-order valence-electron chi connectivity index (χ1n) is 15.4. The lowest BCUT2D eigenvalue weighted by atomic mass is 9.89. The molecule has 0 aliphatic heterocycles. The van der Waals surface area contributed by atoms with Gasteiger partial charge in [0.05, 0.1) is 12.2 Å². The normalized spacial score (nSPS) is 21.9.